The average Bonchev–Trinajstić information content (AvgIpc) is 2.81. The second kappa shape index (κ2) is 8.22. The minimum atomic E-state index is -2.59. The minimum Gasteiger partial charge on any atom is -0.511 e. The number of amides is 1. The van der Waals surface area contributed by atoms with E-state index in [2.05, 4.69) is 11.8 Å². The highest BCUT2D eigenvalue weighted by molar-refractivity contribution is 6.24. The van der Waals surface area contributed by atoms with Gasteiger partial charge in [-0.15, -0.1) is 0 Å². The molecule has 7 N–H and O–H groups in total. The van der Waals surface area contributed by atoms with Crippen LogP contribution in [-0.2, 0) is 16.0 Å². The lowest BCUT2D eigenvalue weighted by atomic mass is 9.60. The highest BCUT2D eigenvalue weighted by atomic mass is 16.3. The van der Waals surface area contributed by atoms with Crippen molar-refractivity contribution in [2.24, 2.45) is 17.6 Å². The van der Waals surface area contributed by atoms with Crippen molar-refractivity contribution < 1.29 is 39.9 Å². The number of hydrogen-bond acceptors (Lipinski definition) is 8. The van der Waals surface area contributed by atoms with E-state index in [1.54, 1.807) is 6.07 Å². The van der Waals surface area contributed by atoms with E-state index in [0.29, 0.717) is 24.0 Å². The second-order valence-corrected chi connectivity index (χ2v) is 10.2. The molecule has 0 aliphatic heterocycles. The van der Waals surface area contributed by atoms with Gasteiger partial charge in [-0.25, -0.2) is 0 Å². The molecule has 1 fully saturated rings. The normalized spacial score (nSPS) is 29.1. The number of ketones is 2. The zero-order chi connectivity index (χ0) is 26.0. The number of Topliss-reactive ketones (excluding diaryl/α,β-unsaturated/α-hetero) is 2. The Morgan fingerprint density at radius 3 is 2.39 bits per heavy atom. The number of benzene rings is 1. The van der Waals surface area contributed by atoms with Gasteiger partial charge in [-0.2, -0.15) is 0 Å². The van der Waals surface area contributed by atoms with Gasteiger partial charge in [-0.1, -0.05) is 18.3 Å². The van der Waals surface area contributed by atoms with Crippen LogP contribution in [0.4, 0.5) is 0 Å². The van der Waals surface area contributed by atoms with E-state index in [4.69, 9.17) is 5.73 Å². The van der Waals surface area contributed by atoms with Crippen molar-refractivity contribution in [3.8, 4) is 17.6 Å². The molecule has 0 heterocycles. The number of hydrogen-bond donors (Lipinski definition) is 6. The van der Waals surface area contributed by atoms with Gasteiger partial charge in [-0.3, -0.25) is 14.4 Å². The fourth-order valence-corrected chi connectivity index (χ4v) is 6.18. The molecular formula is C27H27NO8. The van der Waals surface area contributed by atoms with Crippen LogP contribution in [0.2, 0.25) is 0 Å². The summed E-state index contributed by atoms with van der Waals surface area (Å²) in [5.74, 6) is -0.738. The van der Waals surface area contributed by atoms with Crippen molar-refractivity contribution in [1.82, 2.24) is 0 Å². The fraction of sp³-hybridized carbons (Fsp3) is 0.444. The van der Waals surface area contributed by atoms with E-state index in [-0.39, 0.29) is 36.1 Å². The third-order valence-corrected chi connectivity index (χ3v) is 8.06. The molecule has 0 saturated heterocycles. The summed E-state index contributed by atoms with van der Waals surface area (Å²) in [4.78, 5) is 38.3. The van der Waals surface area contributed by atoms with E-state index in [1.807, 2.05) is 0 Å². The van der Waals surface area contributed by atoms with Crippen LogP contribution in [0.15, 0.2) is 34.8 Å². The Balaban J connectivity index is 1.60. The standard InChI is InChI=1S/C27H27NO8/c28-25(34)21-18(30)12-15-10-14-11-16-13(6-9-26(35)7-2-1-3-8-26)4-5-17(29)20(16)22(31)19(14)23(32)27(15,36)24(21)33/h4-5,14-15,29-30,32,35-36H,1-3,7-8,10-12H2,(H2,28,34)/t14-,15+,27+/m1/s1. The van der Waals surface area contributed by atoms with E-state index in [0.717, 1.165) is 19.3 Å². The number of fused-ring (bicyclic) bond motifs is 3. The smallest absolute Gasteiger partial charge is 0.255 e. The van der Waals surface area contributed by atoms with E-state index < -0.39 is 57.6 Å². The lowest BCUT2D eigenvalue weighted by Gasteiger charge is -2.45. The second-order valence-electron chi connectivity index (χ2n) is 10.2. The number of aromatic hydroxyl groups is 1. The molecule has 9 heteroatoms. The molecule has 1 aromatic carbocycles. The third-order valence-electron chi connectivity index (χ3n) is 8.06. The largest absolute Gasteiger partial charge is 0.511 e. The molecule has 1 amide bonds. The first-order chi connectivity index (χ1) is 17.0. The van der Waals surface area contributed by atoms with Crippen LogP contribution in [0, 0.1) is 23.7 Å². The molecule has 5 rings (SSSR count). The average molecular weight is 494 g/mol. The third kappa shape index (κ3) is 3.44. The maximum atomic E-state index is 13.6. The van der Waals surface area contributed by atoms with Crippen molar-refractivity contribution in [3.05, 3.63) is 51.5 Å². The summed E-state index contributed by atoms with van der Waals surface area (Å²) in [7, 11) is 0. The first kappa shape index (κ1) is 24.1. The predicted molar refractivity (Wildman–Crippen MR) is 126 cm³/mol. The van der Waals surface area contributed by atoms with Crippen LogP contribution in [0.1, 0.15) is 66.4 Å². The number of carbonyl (C=O) groups excluding carboxylic acids is 3. The van der Waals surface area contributed by atoms with E-state index in [1.165, 1.54) is 6.07 Å². The summed E-state index contributed by atoms with van der Waals surface area (Å²) in [6, 6.07) is 2.88. The Labute approximate surface area is 206 Å². The van der Waals surface area contributed by atoms with Gasteiger partial charge in [0, 0.05) is 23.5 Å². The number of carbonyl (C=O) groups is 3. The summed E-state index contributed by atoms with van der Waals surface area (Å²) in [5.41, 5.74) is 1.32. The van der Waals surface area contributed by atoms with Gasteiger partial charge in [0.1, 0.15) is 28.4 Å². The maximum absolute atomic E-state index is 13.6. The molecule has 0 radical (unpaired) electrons. The molecule has 4 aliphatic carbocycles. The van der Waals surface area contributed by atoms with Crippen LogP contribution in [-0.4, -0.2) is 54.2 Å². The topological polar surface area (TPSA) is 178 Å². The van der Waals surface area contributed by atoms with Gasteiger partial charge in [0.05, 0.1) is 5.56 Å². The van der Waals surface area contributed by atoms with E-state index >= 15 is 0 Å². The molecule has 1 aromatic rings. The molecule has 188 valence electrons. The van der Waals surface area contributed by atoms with Crippen LogP contribution in [0.3, 0.4) is 0 Å². The molecule has 4 aliphatic rings. The lowest BCUT2D eigenvalue weighted by Crippen LogP contribution is -2.57. The Morgan fingerprint density at radius 2 is 1.72 bits per heavy atom. The van der Waals surface area contributed by atoms with Crippen molar-refractivity contribution >= 4 is 17.5 Å². The number of aliphatic hydroxyl groups is 4. The van der Waals surface area contributed by atoms with Crippen LogP contribution < -0.4 is 5.73 Å². The number of allylic oxidation sites excluding steroid dienone is 2. The number of rotatable bonds is 1. The number of aliphatic hydroxyl groups excluding tert-OH is 2. The molecule has 3 atom stereocenters. The minimum absolute atomic E-state index is 0.0510. The fourth-order valence-electron chi connectivity index (χ4n) is 6.18. The highest BCUT2D eigenvalue weighted by Crippen LogP contribution is 2.51. The molecule has 0 bridgehead atoms. The molecule has 36 heavy (non-hydrogen) atoms. The Hall–Kier alpha value is -3.61. The molecule has 0 unspecified atom stereocenters. The Bertz CT molecular complexity index is 1340. The number of nitrogens with two attached hydrogens (primary N) is 1. The lowest BCUT2D eigenvalue weighted by molar-refractivity contribution is -0.144. The molecule has 0 spiro atoms. The molecule has 1 saturated carbocycles. The van der Waals surface area contributed by atoms with E-state index in [9.17, 15) is 39.9 Å². The Kier molecular flexibility index (Phi) is 5.50. The highest BCUT2D eigenvalue weighted by Gasteiger charge is 2.59. The Morgan fingerprint density at radius 1 is 1.03 bits per heavy atom. The quantitative estimate of drug-likeness (QED) is 0.252. The zero-order valence-electron chi connectivity index (χ0n) is 19.5. The summed E-state index contributed by atoms with van der Waals surface area (Å²) in [6.07, 6.45) is 3.83. The van der Waals surface area contributed by atoms with Crippen molar-refractivity contribution in [3.63, 3.8) is 0 Å². The summed E-state index contributed by atoms with van der Waals surface area (Å²) in [5, 5.41) is 53.9. The monoisotopic (exact) mass is 493 g/mol. The van der Waals surface area contributed by atoms with Gasteiger partial charge >= 0.3 is 0 Å². The van der Waals surface area contributed by atoms with Gasteiger partial charge in [-0.05, 0) is 62.1 Å². The first-order valence-corrected chi connectivity index (χ1v) is 12.1. The summed E-state index contributed by atoms with van der Waals surface area (Å²) >= 11 is 0. The van der Waals surface area contributed by atoms with Gasteiger partial charge < -0.3 is 31.3 Å². The molecule has 9 nitrogen and oxygen atoms in total. The molecular weight excluding hydrogens is 466 g/mol. The van der Waals surface area contributed by atoms with Gasteiger partial charge in [0.15, 0.2) is 11.4 Å². The van der Waals surface area contributed by atoms with Crippen LogP contribution >= 0.6 is 0 Å². The van der Waals surface area contributed by atoms with Crippen molar-refractivity contribution in [1.29, 1.82) is 0 Å². The number of primary amides is 1. The van der Waals surface area contributed by atoms with Crippen LogP contribution in [0.5, 0.6) is 5.75 Å². The van der Waals surface area contributed by atoms with Gasteiger partial charge in [0.25, 0.3) is 5.91 Å². The van der Waals surface area contributed by atoms with Gasteiger partial charge in [0.2, 0.25) is 5.78 Å². The first-order valence-electron chi connectivity index (χ1n) is 12.1. The zero-order valence-corrected chi connectivity index (χ0v) is 19.5. The predicted octanol–water partition coefficient (Wildman–Crippen LogP) is 1.63. The summed E-state index contributed by atoms with van der Waals surface area (Å²) in [6.45, 7) is 0. The SMILES string of the molecule is NC(=O)C1=C(O)C[C@@H]2C[C@@H]3Cc4c(C#CC5(O)CCCCC5)ccc(O)c4C(=O)C3=C(O)[C@]2(O)C1=O. The summed E-state index contributed by atoms with van der Waals surface area (Å²) < 4.78 is 0. The number of phenolic OH excluding ortho intramolecular Hbond substituents is 1. The van der Waals surface area contributed by atoms with Crippen molar-refractivity contribution in [2.75, 3.05) is 0 Å². The van der Waals surface area contributed by atoms with Crippen LogP contribution in [0.25, 0.3) is 0 Å². The maximum Gasteiger partial charge on any atom is 0.255 e. The number of phenols is 1. The van der Waals surface area contributed by atoms with Crippen molar-refractivity contribution in [2.45, 2.75) is 62.6 Å². The molecule has 0 aromatic heterocycles.